The fourth-order valence-electron chi connectivity index (χ4n) is 5.27. The number of nitro groups is 1. The summed E-state index contributed by atoms with van der Waals surface area (Å²) < 4.78 is 35.3. The van der Waals surface area contributed by atoms with Gasteiger partial charge >= 0.3 is 0 Å². The van der Waals surface area contributed by atoms with E-state index in [0.29, 0.717) is 17.0 Å². The van der Waals surface area contributed by atoms with Crippen LogP contribution in [0.4, 0.5) is 11.4 Å². The van der Waals surface area contributed by atoms with Crippen molar-refractivity contribution < 1.29 is 27.7 Å². The van der Waals surface area contributed by atoms with E-state index in [9.17, 15) is 28.1 Å². The molecule has 4 rings (SSSR count). The summed E-state index contributed by atoms with van der Waals surface area (Å²) in [5.74, 6) is -1.19. The molecule has 0 radical (unpaired) electrons. The Morgan fingerprint density at radius 1 is 0.961 bits per heavy atom. The van der Waals surface area contributed by atoms with Crippen molar-refractivity contribution in [2.75, 3.05) is 18.0 Å². The van der Waals surface area contributed by atoms with Crippen LogP contribution in [0.25, 0.3) is 0 Å². The molecule has 0 aliphatic carbocycles. The van der Waals surface area contributed by atoms with Crippen molar-refractivity contribution in [2.45, 2.75) is 57.1 Å². The predicted molar refractivity (Wildman–Crippen MR) is 199 cm³/mol. The quantitative estimate of drug-likeness (QED) is 0.0969. The van der Waals surface area contributed by atoms with Crippen molar-refractivity contribution in [3.05, 3.63) is 127 Å². The lowest BCUT2D eigenvalue weighted by atomic mass is 10.0. The number of halogens is 3. The molecule has 2 amide bonds. The van der Waals surface area contributed by atoms with Crippen LogP contribution >= 0.6 is 34.8 Å². The first-order chi connectivity index (χ1) is 24.2. The molecule has 15 heteroatoms. The largest absolute Gasteiger partial charge is 0.495 e. The normalized spacial score (nSPS) is 12.5. The molecule has 2 atom stereocenters. The molecule has 0 heterocycles. The summed E-state index contributed by atoms with van der Waals surface area (Å²) in [7, 11) is -3.40. The summed E-state index contributed by atoms with van der Waals surface area (Å²) in [6.45, 7) is 4.17. The second-order valence-electron chi connectivity index (χ2n) is 11.8. The van der Waals surface area contributed by atoms with Gasteiger partial charge in [-0.1, -0.05) is 84.2 Å². The van der Waals surface area contributed by atoms with Gasteiger partial charge in [0.2, 0.25) is 11.8 Å². The maximum absolute atomic E-state index is 14.8. The van der Waals surface area contributed by atoms with Crippen LogP contribution < -0.4 is 14.4 Å². The van der Waals surface area contributed by atoms with Crippen molar-refractivity contribution in [1.82, 2.24) is 10.2 Å². The third kappa shape index (κ3) is 9.70. The van der Waals surface area contributed by atoms with Crippen LogP contribution in [0.5, 0.6) is 5.75 Å². The molecule has 0 saturated carbocycles. The van der Waals surface area contributed by atoms with Crippen molar-refractivity contribution in [2.24, 2.45) is 0 Å². The zero-order valence-corrected chi connectivity index (χ0v) is 31.4. The SMILES string of the molecule is CC[C@H](C)NC(=O)[C@@H](Cc1ccccc1)N(Cc1ccc(Cl)cc1Cl)C(=O)CN(c1cc(Cl)ccc1OC)S(=O)(=O)c1ccc(C)c([N+](=O)[O-])c1. The topological polar surface area (TPSA) is 139 Å². The van der Waals surface area contributed by atoms with E-state index in [4.69, 9.17) is 39.5 Å². The molecule has 0 aliphatic rings. The van der Waals surface area contributed by atoms with Crippen molar-refractivity contribution >= 4 is 68.0 Å². The van der Waals surface area contributed by atoms with Crippen LogP contribution in [0.1, 0.15) is 37.0 Å². The van der Waals surface area contributed by atoms with Crippen molar-refractivity contribution in [3.8, 4) is 5.75 Å². The molecule has 0 saturated heterocycles. The van der Waals surface area contributed by atoms with E-state index in [2.05, 4.69) is 5.32 Å². The lowest BCUT2D eigenvalue weighted by Gasteiger charge is -2.34. The average Bonchev–Trinajstić information content (AvgIpc) is 3.09. The highest BCUT2D eigenvalue weighted by Crippen LogP contribution is 2.36. The number of hydrogen-bond donors (Lipinski definition) is 1. The Kier molecular flexibility index (Phi) is 13.3. The van der Waals surface area contributed by atoms with Gasteiger partial charge in [0.25, 0.3) is 15.7 Å². The molecule has 0 bridgehead atoms. The van der Waals surface area contributed by atoms with Gasteiger partial charge in [-0.15, -0.1) is 0 Å². The highest BCUT2D eigenvalue weighted by atomic mass is 35.5. The lowest BCUT2D eigenvalue weighted by molar-refractivity contribution is -0.385. The Morgan fingerprint density at radius 2 is 1.63 bits per heavy atom. The number of amides is 2. The Hall–Kier alpha value is -4.36. The van der Waals surface area contributed by atoms with Gasteiger partial charge in [0.1, 0.15) is 18.3 Å². The first-order valence-electron chi connectivity index (χ1n) is 15.8. The van der Waals surface area contributed by atoms with E-state index in [1.807, 2.05) is 44.2 Å². The van der Waals surface area contributed by atoms with Gasteiger partial charge in [0.15, 0.2) is 0 Å². The molecule has 51 heavy (non-hydrogen) atoms. The highest BCUT2D eigenvalue weighted by molar-refractivity contribution is 7.92. The minimum absolute atomic E-state index is 0.0556. The molecule has 4 aromatic carbocycles. The first kappa shape index (κ1) is 39.4. The molecular formula is C36H37Cl3N4O7S. The first-order valence-corrected chi connectivity index (χ1v) is 18.4. The third-order valence-electron chi connectivity index (χ3n) is 8.28. The lowest BCUT2D eigenvalue weighted by Crippen LogP contribution is -2.54. The number of hydrogen-bond acceptors (Lipinski definition) is 7. The average molecular weight is 776 g/mol. The van der Waals surface area contributed by atoms with Crippen LogP contribution in [-0.4, -0.2) is 55.8 Å². The number of carbonyl (C=O) groups is 2. The number of aryl methyl sites for hydroxylation is 1. The van der Waals surface area contributed by atoms with E-state index >= 15 is 0 Å². The Bertz CT molecular complexity index is 2020. The second-order valence-corrected chi connectivity index (χ2v) is 15.0. The summed E-state index contributed by atoms with van der Waals surface area (Å²) in [5, 5.41) is 15.5. The van der Waals surface area contributed by atoms with E-state index in [1.54, 1.807) is 12.1 Å². The van der Waals surface area contributed by atoms with Gasteiger partial charge in [-0.05, 0) is 67.8 Å². The van der Waals surface area contributed by atoms with E-state index in [-0.39, 0.29) is 46.1 Å². The summed E-state index contributed by atoms with van der Waals surface area (Å²) in [5.41, 5.74) is 0.908. The predicted octanol–water partition coefficient (Wildman–Crippen LogP) is 7.62. The monoisotopic (exact) mass is 774 g/mol. The van der Waals surface area contributed by atoms with E-state index in [0.717, 1.165) is 15.9 Å². The fourth-order valence-corrected chi connectivity index (χ4v) is 7.35. The highest BCUT2D eigenvalue weighted by Gasteiger charge is 2.37. The van der Waals surface area contributed by atoms with Gasteiger partial charge in [-0.3, -0.25) is 24.0 Å². The van der Waals surface area contributed by atoms with Gasteiger partial charge in [0, 0.05) is 45.7 Å². The van der Waals surface area contributed by atoms with Crippen LogP contribution in [0.3, 0.4) is 0 Å². The number of nitro benzene ring substituents is 1. The summed E-state index contributed by atoms with van der Waals surface area (Å²) >= 11 is 19.1. The van der Waals surface area contributed by atoms with Crippen LogP contribution in [0.2, 0.25) is 15.1 Å². The van der Waals surface area contributed by atoms with Crippen LogP contribution in [0.15, 0.2) is 89.8 Å². The third-order valence-corrected chi connectivity index (χ3v) is 10.9. The molecular weight excluding hydrogens is 739 g/mol. The van der Waals surface area contributed by atoms with Gasteiger partial charge in [-0.25, -0.2) is 8.42 Å². The maximum atomic E-state index is 14.8. The number of nitrogens with one attached hydrogen (secondary N) is 1. The molecule has 1 N–H and O–H groups in total. The summed E-state index contributed by atoms with van der Waals surface area (Å²) in [6, 6.07) is 20.1. The molecule has 4 aromatic rings. The number of nitrogens with zero attached hydrogens (tertiary/aromatic N) is 3. The van der Waals surface area contributed by atoms with Gasteiger partial charge < -0.3 is 15.0 Å². The minimum atomic E-state index is -4.72. The molecule has 0 aromatic heterocycles. The van der Waals surface area contributed by atoms with Crippen molar-refractivity contribution in [1.29, 1.82) is 0 Å². The van der Waals surface area contributed by atoms with Crippen LogP contribution in [0, 0.1) is 17.0 Å². The van der Waals surface area contributed by atoms with E-state index < -0.39 is 49.9 Å². The molecule has 0 fully saturated rings. The molecule has 11 nitrogen and oxygen atoms in total. The number of sulfonamides is 1. The van der Waals surface area contributed by atoms with Gasteiger partial charge in [-0.2, -0.15) is 0 Å². The molecule has 0 spiro atoms. The fraction of sp³-hybridized carbons (Fsp3) is 0.278. The molecule has 0 aliphatic heterocycles. The number of methoxy groups -OCH3 is 1. The molecule has 270 valence electrons. The number of benzene rings is 4. The maximum Gasteiger partial charge on any atom is 0.273 e. The Morgan fingerprint density at radius 3 is 2.25 bits per heavy atom. The standard InChI is InChI=1S/C36H37Cl3N4O7S/c1-5-24(3)40-36(45)33(17-25-9-7-6-8-10-25)41(21-26-12-13-27(37)18-30(26)39)35(44)22-42(32-19-28(38)14-16-34(32)50-4)51(48,49)29-15-11-23(2)31(20-29)43(46)47/h6-16,18-20,24,33H,5,17,21-22H2,1-4H3,(H,40,45)/t24-,33+/m0/s1. The Balaban J connectivity index is 1.92. The minimum Gasteiger partial charge on any atom is -0.495 e. The number of ether oxygens (including phenoxy) is 1. The molecule has 0 unspecified atom stereocenters. The second kappa shape index (κ2) is 17.2. The Labute approximate surface area is 312 Å². The zero-order chi connectivity index (χ0) is 37.5. The van der Waals surface area contributed by atoms with E-state index in [1.165, 1.54) is 55.3 Å². The zero-order valence-electron chi connectivity index (χ0n) is 28.3. The summed E-state index contributed by atoms with van der Waals surface area (Å²) in [4.78, 5) is 40.8. The van der Waals surface area contributed by atoms with Crippen molar-refractivity contribution in [3.63, 3.8) is 0 Å². The van der Waals surface area contributed by atoms with Crippen LogP contribution in [-0.2, 0) is 32.6 Å². The number of anilines is 1. The smallest absolute Gasteiger partial charge is 0.273 e. The van der Waals surface area contributed by atoms with Gasteiger partial charge in [0.05, 0.1) is 22.6 Å². The summed E-state index contributed by atoms with van der Waals surface area (Å²) in [6.07, 6.45) is 0.696. The number of carbonyl (C=O) groups excluding carboxylic acids is 2. The number of rotatable bonds is 15.